The molecule has 0 amide bonds. The molecule has 0 fully saturated rings. The van der Waals surface area contributed by atoms with Gasteiger partial charge in [0.25, 0.3) is 0 Å². The van der Waals surface area contributed by atoms with Gasteiger partial charge in [-0.25, -0.2) is 0 Å². The van der Waals surface area contributed by atoms with Gasteiger partial charge < -0.3 is 0 Å². The third-order valence-corrected chi connectivity index (χ3v) is 3.18. The van der Waals surface area contributed by atoms with Crippen molar-refractivity contribution in [2.45, 2.75) is 0 Å². The summed E-state index contributed by atoms with van der Waals surface area (Å²) in [5.74, 6) is 0. The molecule has 5 heteroatoms. The Morgan fingerprint density at radius 1 is 0.360 bits per heavy atom. The second-order valence-electron chi connectivity index (χ2n) is 4.86. The molecule has 4 heterocycles. The van der Waals surface area contributed by atoms with Gasteiger partial charge >= 0.3 is 21.1 Å². The van der Waals surface area contributed by atoms with Crippen molar-refractivity contribution in [1.82, 2.24) is 19.9 Å². The van der Waals surface area contributed by atoms with E-state index in [2.05, 4.69) is 19.9 Å². The van der Waals surface area contributed by atoms with Crippen molar-refractivity contribution in [3.63, 3.8) is 0 Å². The molecule has 0 saturated carbocycles. The fourth-order valence-electron chi connectivity index (χ4n) is 2.06. The van der Waals surface area contributed by atoms with Gasteiger partial charge in [-0.05, 0) is 48.5 Å². The summed E-state index contributed by atoms with van der Waals surface area (Å²) in [4.78, 5) is 16.7. The van der Waals surface area contributed by atoms with Crippen LogP contribution in [0, 0.1) is 0 Å². The minimum absolute atomic E-state index is 0. The van der Waals surface area contributed by atoms with Gasteiger partial charge in [0.15, 0.2) is 0 Å². The van der Waals surface area contributed by atoms with Gasteiger partial charge in [-0.3, -0.25) is 19.9 Å². The minimum Gasteiger partial charge on any atom is -0.255 e. The Balaban J connectivity index is 0.000000173. The van der Waals surface area contributed by atoms with Crippen LogP contribution in [0.1, 0.15) is 0 Å². The van der Waals surface area contributed by atoms with Crippen LogP contribution >= 0.6 is 0 Å². The monoisotopic (exact) mass is 507 g/mol. The van der Waals surface area contributed by atoms with E-state index in [1.54, 1.807) is 24.8 Å². The maximum atomic E-state index is 4.19. The Morgan fingerprint density at radius 3 is 0.760 bits per heavy atom. The molecular formula is C20H16N4Pt+2. The fourth-order valence-corrected chi connectivity index (χ4v) is 2.06. The van der Waals surface area contributed by atoms with E-state index in [1.165, 1.54) is 0 Å². The average molecular weight is 507 g/mol. The second kappa shape index (κ2) is 10.2. The molecule has 4 nitrogen and oxygen atoms in total. The van der Waals surface area contributed by atoms with Crippen molar-refractivity contribution < 1.29 is 21.1 Å². The molecule has 0 N–H and O–H groups in total. The first kappa shape index (κ1) is 18.6. The largest absolute Gasteiger partial charge is 2.00 e. The molecule has 0 aliphatic rings. The molecule has 25 heavy (non-hydrogen) atoms. The molecule has 0 radical (unpaired) electrons. The smallest absolute Gasteiger partial charge is 0.255 e. The van der Waals surface area contributed by atoms with Crippen LogP contribution in [-0.4, -0.2) is 19.9 Å². The molecule has 4 aromatic rings. The van der Waals surface area contributed by atoms with Gasteiger partial charge in [-0.2, -0.15) is 0 Å². The Labute approximate surface area is 161 Å². The van der Waals surface area contributed by atoms with E-state index in [-0.39, 0.29) is 21.1 Å². The maximum Gasteiger partial charge on any atom is 2.00 e. The molecule has 4 aromatic heterocycles. The second-order valence-corrected chi connectivity index (χ2v) is 4.86. The summed E-state index contributed by atoms with van der Waals surface area (Å²) in [6.07, 6.45) is 7.07. The summed E-state index contributed by atoms with van der Waals surface area (Å²) in [7, 11) is 0. The summed E-state index contributed by atoms with van der Waals surface area (Å²) in [5, 5.41) is 0. The molecule has 0 atom stereocenters. The zero-order valence-electron chi connectivity index (χ0n) is 13.3. The van der Waals surface area contributed by atoms with Crippen LogP contribution in [0.2, 0.25) is 0 Å². The van der Waals surface area contributed by atoms with E-state index in [0.29, 0.717) is 0 Å². The van der Waals surface area contributed by atoms with Crippen molar-refractivity contribution in [3.8, 4) is 22.8 Å². The Bertz CT molecular complexity index is 692. The van der Waals surface area contributed by atoms with Gasteiger partial charge in [-0.1, -0.05) is 24.3 Å². The zero-order valence-corrected chi connectivity index (χ0v) is 15.6. The van der Waals surface area contributed by atoms with E-state index in [0.717, 1.165) is 22.8 Å². The number of rotatable bonds is 2. The molecule has 0 unspecified atom stereocenters. The molecule has 0 aliphatic carbocycles. The maximum absolute atomic E-state index is 4.19. The SMILES string of the molecule is [Pt+2].c1ccc(-c2ccccn2)nc1.c1ccc(-c2ccccn2)nc1. The Kier molecular flexibility index (Phi) is 7.61. The first-order valence-corrected chi connectivity index (χ1v) is 7.58. The first-order valence-electron chi connectivity index (χ1n) is 7.58. The third kappa shape index (κ3) is 5.70. The van der Waals surface area contributed by atoms with Crippen LogP contribution in [0.5, 0.6) is 0 Å². The summed E-state index contributed by atoms with van der Waals surface area (Å²) in [6.45, 7) is 0. The zero-order chi connectivity index (χ0) is 16.5. The van der Waals surface area contributed by atoms with Crippen LogP contribution in [0.15, 0.2) is 97.6 Å². The van der Waals surface area contributed by atoms with Crippen molar-refractivity contribution in [1.29, 1.82) is 0 Å². The van der Waals surface area contributed by atoms with Crippen LogP contribution in [0.3, 0.4) is 0 Å². The Hall–Kier alpha value is -2.71. The molecule has 0 spiro atoms. The fraction of sp³-hybridized carbons (Fsp3) is 0. The van der Waals surface area contributed by atoms with Crippen LogP contribution < -0.4 is 0 Å². The quantitative estimate of drug-likeness (QED) is 0.407. The van der Waals surface area contributed by atoms with Gasteiger partial charge in [0, 0.05) is 24.8 Å². The molecule has 0 saturated heterocycles. The predicted molar refractivity (Wildman–Crippen MR) is 94.9 cm³/mol. The minimum atomic E-state index is 0. The van der Waals surface area contributed by atoms with Gasteiger partial charge in [-0.15, -0.1) is 0 Å². The first-order chi connectivity index (χ1) is 11.9. The van der Waals surface area contributed by atoms with Crippen molar-refractivity contribution in [3.05, 3.63) is 97.6 Å². The number of hydrogen-bond donors (Lipinski definition) is 0. The predicted octanol–water partition coefficient (Wildman–Crippen LogP) is 4.28. The third-order valence-electron chi connectivity index (χ3n) is 3.18. The van der Waals surface area contributed by atoms with Crippen molar-refractivity contribution >= 4 is 0 Å². The molecule has 0 aromatic carbocycles. The van der Waals surface area contributed by atoms with E-state index in [4.69, 9.17) is 0 Å². The van der Waals surface area contributed by atoms with Crippen LogP contribution in [0.25, 0.3) is 22.8 Å². The van der Waals surface area contributed by atoms with Gasteiger partial charge in [0.1, 0.15) is 0 Å². The Morgan fingerprint density at radius 2 is 0.600 bits per heavy atom. The van der Waals surface area contributed by atoms with E-state index in [9.17, 15) is 0 Å². The normalized spacial score (nSPS) is 9.28. The van der Waals surface area contributed by atoms with Crippen LogP contribution in [0.4, 0.5) is 0 Å². The van der Waals surface area contributed by atoms with Crippen LogP contribution in [-0.2, 0) is 21.1 Å². The molecule has 4 rings (SSSR count). The molecule has 124 valence electrons. The van der Waals surface area contributed by atoms with E-state index < -0.39 is 0 Å². The summed E-state index contributed by atoms with van der Waals surface area (Å²) >= 11 is 0. The van der Waals surface area contributed by atoms with E-state index in [1.807, 2.05) is 72.8 Å². The number of aromatic nitrogens is 4. The van der Waals surface area contributed by atoms with Crippen molar-refractivity contribution in [2.24, 2.45) is 0 Å². The number of nitrogens with zero attached hydrogens (tertiary/aromatic N) is 4. The molecule has 0 aliphatic heterocycles. The summed E-state index contributed by atoms with van der Waals surface area (Å²) < 4.78 is 0. The molecule has 0 bridgehead atoms. The topological polar surface area (TPSA) is 51.6 Å². The summed E-state index contributed by atoms with van der Waals surface area (Å²) in [6, 6.07) is 23.2. The van der Waals surface area contributed by atoms with E-state index >= 15 is 0 Å². The number of pyridine rings is 4. The molecular weight excluding hydrogens is 491 g/mol. The number of hydrogen-bond acceptors (Lipinski definition) is 4. The van der Waals surface area contributed by atoms with Gasteiger partial charge in [0.05, 0.1) is 22.8 Å². The summed E-state index contributed by atoms with van der Waals surface area (Å²) in [5.41, 5.74) is 3.66. The average Bonchev–Trinajstić information content (AvgIpc) is 2.71. The van der Waals surface area contributed by atoms with Crippen molar-refractivity contribution in [2.75, 3.05) is 0 Å². The van der Waals surface area contributed by atoms with Gasteiger partial charge in [0.2, 0.25) is 0 Å². The standard InChI is InChI=1S/2C10H8N2.Pt/c2*1-3-7-11-9(5-1)10-6-2-4-8-12-10;/h2*1-8H;/q;;+2.